The first-order valence-electron chi connectivity index (χ1n) is 6.25. The SMILES string of the molecule is COC(=O)Nc1ccc(N(C)Cc2ccccc2)cn1. The number of amides is 1. The molecule has 0 saturated heterocycles. The smallest absolute Gasteiger partial charge is 0.412 e. The lowest BCUT2D eigenvalue weighted by atomic mass is 10.2. The van der Waals surface area contributed by atoms with Crippen LogP contribution >= 0.6 is 0 Å². The van der Waals surface area contributed by atoms with E-state index in [2.05, 4.69) is 32.1 Å². The van der Waals surface area contributed by atoms with Crippen LogP contribution in [0, 0.1) is 0 Å². The van der Waals surface area contributed by atoms with E-state index in [1.165, 1.54) is 12.7 Å². The van der Waals surface area contributed by atoms with Crippen LogP contribution in [-0.2, 0) is 11.3 Å². The summed E-state index contributed by atoms with van der Waals surface area (Å²) in [4.78, 5) is 17.3. The second-order valence-electron chi connectivity index (χ2n) is 4.36. The number of rotatable bonds is 4. The molecular formula is C15H17N3O2. The number of pyridine rings is 1. The molecule has 1 heterocycles. The average molecular weight is 271 g/mol. The van der Waals surface area contributed by atoms with Crippen LogP contribution in [0.5, 0.6) is 0 Å². The minimum Gasteiger partial charge on any atom is -0.453 e. The lowest BCUT2D eigenvalue weighted by Gasteiger charge is -2.19. The molecule has 1 amide bonds. The highest BCUT2D eigenvalue weighted by Crippen LogP contribution is 2.16. The van der Waals surface area contributed by atoms with E-state index in [0.717, 1.165) is 12.2 Å². The molecule has 0 spiro atoms. The molecule has 0 bridgehead atoms. The number of anilines is 2. The fourth-order valence-corrected chi connectivity index (χ4v) is 1.79. The van der Waals surface area contributed by atoms with Crippen molar-refractivity contribution < 1.29 is 9.53 Å². The first-order valence-corrected chi connectivity index (χ1v) is 6.25. The van der Waals surface area contributed by atoms with Crippen molar-refractivity contribution in [1.82, 2.24) is 4.98 Å². The molecule has 0 aliphatic heterocycles. The van der Waals surface area contributed by atoms with Gasteiger partial charge in [0.05, 0.1) is 19.0 Å². The van der Waals surface area contributed by atoms with Gasteiger partial charge in [-0.1, -0.05) is 30.3 Å². The summed E-state index contributed by atoms with van der Waals surface area (Å²) in [5.41, 5.74) is 2.20. The number of aromatic nitrogens is 1. The summed E-state index contributed by atoms with van der Waals surface area (Å²) in [5.74, 6) is 0.466. The van der Waals surface area contributed by atoms with Gasteiger partial charge >= 0.3 is 6.09 Å². The molecule has 5 nitrogen and oxygen atoms in total. The van der Waals surface area contributed by atoms with E-state index in [0.29, 0.717) is 5.82 Å². The topological polar surface area (TPSA) is 54.5 Å². The van der Waals surface area contributed by atoms with Gasteiger partial charge in [-0.25, -0.2) is 9.78 Å². The molecule has 0 aliphatic carbocycles. The van der Waals surface area contributed by atoms with Crippen LogP contribution in [0.25, 0.3) is 0 Å². The van der Waals surface area contributed by atoms with Crippen molar-refractivity contribution in [2.75, 3.05) is 24.4 Å². The standard InChI is InChI=1S/C15H17N3O2/c1-18(11-12-6-4-3-5-7-12)13-8-9-14(16-10-13)17-15(19)20-2/h3-10H,11H2,1-2H3,(H,16,17,19). The van der Waals surface area contributed by atoms with Crippen molar-refractivity contribution in [2.45, 2.75) is 6.54 Å². The van der Waals surface area contributed by atoms with E-state index in [-0.39, 0.29) is 0 Å². The summed E-state index contributed by atoms with van der Waals surface area (Å²) in [6, 6.07) is 13.8. The number of carbonyl (C=O) groups is 1. The molecule has 20 heavy (non-hydrogen) atoms. The molecule has 2 rings (SSSR count). The number of carbonyl (C=O) groups excluding carboxylic acids is 1. The molecule has 1 N–H and O–H groups in total. The van der Waals surface area contributed by atoms with E-state index < -0.39 is 6.09 Å². The Labute approximate surface area is 118 Å². The van der Waals surface area contributed by atoms with Gasteiger partial charge in [0.1, 0.15) is 5.82 Å². The Kier molecular flexibility index (Phi) is 4.55. The van der Waals surface area contributed by atoms with E-state index in [1.54, 1.807) is 12.3 Å². The summed E-state index contributed by atoms with van der Waals surface area (Å²) >= 11 is 0. The highest BCUT2D eigenvalue weighted by Gasteiger charge is 2.05. The van der Waals surface area contributed by atoms with E-state index in [1.807, 2.05) is 31.3 Å². The number of hydrogen-bond acceptors (Lipinski definition) is 4. The second kappa shape index (κ2) is 6.56. The highest BCUT2D eigenvalue weighted by atomic mass is 16.5. The molecule has 0 fully saturated rings. The average Bonchev–Trinajstić information content (AvgIpc) is 2.49. The zero-order chi connectivity index (χ0) is 14.4. The van der Waals surface area contributed by atoms with Gasteiger partial charge in [0, 0.05) is 13.6 Å². The fraction of sp³-hybridized carbons (Fsp3) is 0.200. The maximum Gasteiger partial charge on any atom is 0.412 e. The van der Waals surface area contributed by atoms with Crippen LogP contribution in [0.15, 0.2) is 48.7 Å². The Bertz CT molecular complexity index is 555. The van der Waals surface area contributed by atoms with Crippen molar-refractivity contribution in [1.29, 1.82) is 0 Å². The lowest BCUT2D eigenvalue weighted by molar-refractivity contribution is 0.187. The zero-order valence-corrected chi connectivity index (χ0v) is 11.5. The van der Waals surface area contributed by atoms with Gasteiger partial charge in [0.15, 0.2) is 0 Å². The van der Waals surface area contributed by atoms with Crippen molar-refractivity contribution in [3.05, 3.63) is 54.2 Å². The van der Waals surface area contributed by atoms with Gasteiger partial charge < -0.3 is 9.64 Å². The number of nitrogens with zero attached hydrogens (tertiary/aromatic N) is 2. The summed E-state index contributed by atoms with van der Waals surface area (Å²) in [6.45, 7) is 0.798. The number of hydrogen-bond donors (Lipinski definition) is 1. The molecular weight excluding hydrogens is 254 g/mol. The third kappa shape index (κ3) is 3.71. The zero-order valence-electron chi connectivity index (χ0n) is 11.5. The van der Waals surface area contributed by atoms with Crippen LogP contribution in [0.3, 0.4) is 0 Å². The number of methoxy groups -OCH3 is 1. The lowest BCUT2D eigenvalue weighted by Crippen LogP contribution is -2.17. The van der Waals surface area contributed by atoms with Crippen molar-refractivity contribution in [3.8, 4) is 0 Å². The quantitative estimate of drug-likeness (QED) is 0.929. The van der Waals surface area contributed by atoms with Gasteiger partial charge in [-0.3, -0.25) is 5.32 Å². The molecule has 0 radical (unpaired) electrons. The first kappa shape index (κ1) is 13.9. The normalized spacial score (nSPS) is 9.90. The second-order valence-corrected chi connectivity index (χ2v) is 4.36. The number of ether oxygens (including phenoxy) is 1. The van der Waals surface area contributed by atoms with E-state index in [9.17, 15) is 4.79 Å². The van der Waals surface area contributed by atoms with Crippen molar-refractivity contribution >= 4 is 17.6 Å². The third-order valence-corrected chi connectivity index (χ3v) is 2.87. The molecule has 0 atom stereocenters. The molecule has 5 heteroatoms. The van der Waals surface area contributed by atoms with Crippen LogP contribution in [0.1, 0.15) is 5.56 Å². The minimum atomic E-state index is -0.525. The van der Waals surface area contributed by atoms with Gasteiger partial charge in [-0.2, -0.15) is 0 Å². The number of nitrogens with one attached hydrogen (secondary N) is 1. The summed E-state index contributed by atoms with van der Waals surface area (Å²) in [7, 11) is 3.31. The van der Waals surface area contributed by atoms with Crippen molar-refractivity contribution in [2.24, 2.45) is 0 Å². The Hall–Kier alpha value is -2.56. The maximum absolute atomic E-state index is 11.1. The molecule has 1 aromatic heterocycles. The van der Waals surface area contributed by atoms with Crippen LogP contribution in [-0.4, -0.2) is 25.2 Å². The predicted molar refractivity (Wildman–Crippen MR) is 78.8 cm³/mol. The molecule has 2 aromatic rings. The Morgan fingerprint density at radius 1 is 1.25 bits per heavy atom. The van der Waals surface area contributed by atoms with Crippen LogP contribution in [0.2, 0.25) is 0 Å². The highest BCUT2D eigenvalue weighted by molar-refractivity contribution is 5.83. The van der Waals surface area contributed by atoms with Gasteiger partial charge in [-0.05, 0) is 17.7 Å². The Balaban J connectivity index is 2.00. The first-order chi connectivity index (χ1) is 9.69. The van der Waals surface area contributed by atoms with Gasteiger partial charge in [0.2, 0.25) is 0 Å². The molecule has 0 aliphatic rings. The van der Waals surface area contributed by atoms with Gasteiger partial charge in [-0.15, -0.1) is 0 Å². The van der Waals surface area contributed by atoms with Gasteiger partial charge in [0.25, 0.3) is 0 Å². The summed E-state index contributed by atoms with van der Waals surface area (Å²) in [5, 5.41) is 2.52. The van der Waals surface area contributed by atoms with Crippen molar-refractivity contribution in [3.63, 3.8) is 0 Å². The van der Waals surface area contributed by atoms with Crippen LogP contribution < -0.4 is 10.2 Å². The van der Waals surface area contributed by atoms with E-state index >= 15 is 0 Å². The molecule has 1 aromatic carbocycles. The Morgan fingerprint density at radius 2 is 2.00 bits per heavy atom. The summed E-state index contributed by atoms with van der Waals surface area (Å²) < 4.78 is 4.51. The number of benzene rings is 1. The predicted octanol–water partition coefficient (Wildman–Crippen LogP) is 2.90. The monoisotopic (exact) mass is 271 g/mol. The van der Waals surface area contributed by atoms with Crippen LogP contribution in [0.4, 0.5) is 16.3 Å². The maximum atomic E-state index is 11.1. The Morgan fingerprint density at radius 3 is 2.60 bits per heavy atom. The third-order valence-electron chi connectivity index (χ3n) is 2.87. The summed E-state index contributed by atoms with van der Waals surface area (Å²) in [6.07, 6.45) is 1.19. The molecule has 0 saturated carbocycles. The fourth-order valence-electron chi connectivity index (χ4n) is 1.79. The molecule has 104 valence electrons. The largest absolute Gasteiger partial charge is 0.453 e. The molecule has 0 unspecified atom stereocenters. The van der Waals surface area contributed by atoms with E-state index in [4.69, 9.17) is 0 Å². The minimum absolute atomic E-state index is 0.466.